The zero-order valence-corrected chi connectivity index (χ0v) is 20.4. The van der Waals surface area contributed by atoms with E-state index in [1.165, 1.54) is 6.20 Å². The fourth-order valence-corrected chi connectivity index (χ4v) is 5.33. The highest BCUT2D eigenvalue weighted by Crippen LogP contribution is 2.33. The molecule has 0 aromatic carbocycles. The molecule has 1 aliphatic heterocycles. The normalized spacial score (nSPS) is 21.4. The molecule has 2 aliphatic rings. The second-order valence-electron chi connectivity index (χ2n) is 10.3. The molecule has 7 nitrogen and oxygen atoms in total. The van der Waals surface area contributed by atoms with Crippen LogP contribution in [0.4, 0.5) is 18.9 Å². The summed E-state index contributed by atoms with van der Waals surface area (Å²) in [5.41, 5.74) is 3.16. The van der Waals surface area contributed by atoms with Crippen LogP contribution in [0.1, 0.15) is 36.9 Å². The lowest BCUT2D eigenvalue weighted by atomic mass is 9.83. The van der Waals surface area contributed by atoms with Gasteiger partial charge in [0.25, 0.3) is 11.5 Å². The van der Waals surface area contributed by atoms with Gasteiger partial charge in [-0.15, -0.1) is 0 Å². The quantitative estimate of drug-likeness (QED) is 0.404. The highest BCUT2D eigenvalue weighted by atomic mass is 19.3. The van der Waals surface area contributed by atoms with E-state index in [-0.39, 0.29) is 31.5 Å². The molecular weight excluding hydrogens is 481 g/mol. The summed E-state index contributed by atoms with van der Waals surface area (Å²) in [5.74, 6) is -2.21. The van der Waals surface area contributed by atoms with Crippen molar-refractivity contribution in [2.75, 3.05) is 24.5 Å². The average molecular weight is 511 g/mol. The van der Waals surface area contributed by atoms with Crippen molar-refractivity contribution >= 4 is 22.1 Å². The van der Waals surface area contributed by atoms with Gasteiger partial charge in [0.05, 0.1) is 29.5 Å². The SMILES string of the molecule is O=c1c2cncc(N3CCC(F)(F)CC3)c2ccn1Cc1cn2cc(CNCC3CC(F)C3)ccc2n1. The molecule has 0 atom stereocenters. The van der Waals surface area contributed by atoms with Crippen LogP contribution in [-0.2, 0) is 13.1 Å². The maximum Gasteiger partial charge on any atom is 0.260 e. The number of hydrogen-bond acceptors (Lipinski definition) is 5. The van der Waals surface area contributed by atoms with Gasteiger partial charge in [-0.25, -0.2) is 18.2 Å². The number of nitrogens with one attached hydrogen (secondary N) is 1. The van der Waals surface area contributed by atoms with E-state index in [9.17, 15) is 18.0 Å². The number of alkyl halides is 3. The lowest BCUT2D eigenvalue weighted by Crippen LogP contribution is -2.39. The van der Waals surface area contributed by atoms with Crippen molar-refractivity contribution in [2.24, 2.45) is 5.92 Å². The molecule has 10 heteroatoms. The summed E-state index contributed by atoms with van der Waals surface area (Å²) in [5, 5.41) is 4.58. The minimum atomic E-state index is -2.64. The number of imidazole rings is 1. The predicted molar refractivity (Wildman–Crippen MR) is 136 cm³/mol. The van der Waals surface area contributed by atoms with Crippen LogP contribution in [0.3, 0.4) is 0 Å². The average Bonchev–Trinajstić information content (AvgIpc) is 3.26. The molecule has 2 fully saturated rings. The van der Waals surface area contributed by atoms with Gasteiger partial charge >= 0.3 is 0 Å². The van der Waals surface area contributed by atoms with Crippen molar-refractivity contribution in [3.8, 4) is 0 Å². The molecule has 5 heterocycles. The molecule has 0 radical (unpaired) electrons. The van der Waals surface area contributed by atoms with E-state index in [0.717, 1.165) is 28.8 Å². The third-order valence-corrected chi connectivity index (χ3v) is 7.55. The molecule has 194 valence electrons. The van der Waals surface area contributed by atoms with Gasteiger partial charge in [-0.3, -0.25) is 9.78 Å². The Kier molecular flexibility index (Phi) is 6.14. The molecule has 6 rings (SSSR count). The number of hydrogen-bond donors (Lipinski definition) is 1. The molecule has 4 aromatic rings. The van der Waals surface area contributed by atoms with Crippen LogP contribution in [0.25, 0.3) is 16.4 Å². The highest BCUT2D eigenvalue weighted by molar-refractivity contribution is 5.92. The Hall–Kier alpha value is -3.40. The fourth-order valence-electron chi connectivity index (χ4n) is 5.33. The largest absolute Gasteiger partial charge is 0.369 e. The first-order valence-corrected chi connectivity index (χ1v) is 12.8. The third-order valence-electron chi connectivity index (χ3n) is 7.55. The third kappa shape index (κ3) is 4.94. The van der Waals surface area contributed by atoms with Crippen LogP contribution in [-0.4, -0.2) is 50.7 Å². The van der Waals surface area contributed by atoms with Crippen molar-refractivity contribution in [3.05, 3.63) is 70.8 Å². The van der Waals surface area contributed by atoms with Crippen molar-refractivity contribution in [1.82, 2.24) is 24.3 Å². The van der Waals surface area contributed by atoms with E-state index in [2.05, 4.69) is 15.3 Å². The minimum absolute atomic E-state index is 0.192. The molecule has 1 saturated heterocycles. The lowest BCUT2D eigenvalue weighted by Gasteiger charge is -2.33. The Morgan fingerprint density at radius 3 is 2.65 bits per heavy atom. The Labute approximate surface area is 211 Å². The number of aromatic nitrogens is 4. The maximum absolute atomic E-state index is 13.6. The van der Waals surface area contributed by atoms with Gasteiger partial charge < -0.3 is 19.2 Å². The standard InChI is InChI=1S/C27H29F3N6O/c28-20-9-19(10-20)12-31-11-18-1-2-25-33-21(17-36(25)15-18)16-35-6-3-22-23(26(35)37)13-32-14-24(22)34-7-4-27(29,30)5-8-34/h1-3,6,13-15,17,19-20,31H,4-5,7-12,16H2. The van der Waals surface area contributed by atoms with Crippen LogP contribution in [0.2, 0.25) is 0 Å². The minimum Gasteiger partial charge on any atom is -0.369 e. The number of piperidine rings is 1. The van der Waals surface area contributed by atoms with E-state index < -0.39 is 12.1 Å². The van der Waals surface area contributed by atoms with Gasteiger partial charge in [0.2, 0.25) is 0 Å². The summed E-state index contributed by atoms with van der Waals surface area (Å²) in [4.78, 5) is 24.1. The predicted octanol–water partition coefficient (Wildman–Crippen LogP) is 4.17. The van der Waals surface area contributed by atoms with Crippen LogP contribution in [0, 0.1) is 5.92 Å². The smallest absolute Gasteiger partial charge is 0.260 e. The number of fused-ring (bicyclic) bond motifs is 2. The molecule has 4 aromatic heterocycles. The van der Waals surface area contributed by atoms with E-state index in [0.29, 0.717) is 42.9 Å². The number of halogens is 3. The van der Waals surface area contributed by atoms with Crippen molar-refractivity contribution in [2.45, 2.75) is 50.9 Å². The number of pyridine rings is 3. The summed E-state index contributed by atoms with van der Waals surface area (Å²) in [6.45, 7) is 2.28. The van der Waals surface area contributed by atoms with Crippen LogP contribution in [0.5, 0.6) is 0 Å². The van der Waals surface area contributed by atoms with E-state index in [1.807, 2.05) is 39.9 Å². The molecule has 1 saturated carbocycles. The van der Waals surface area contributed by atoms with E-state index >= 15 is 0 Å². The first-order chi connectivity index (χ1) is 17.8. The zero-order chi connectivity index (χ0) is 25.6. The molecule has 0 spiro atoms. The summed E-state index contributed by atoms with van der Waals surface area (Å²) in [7, 11) is 0. The Morgan fingerprint density at radius 1 is 1.05 bits per heavy atom. The van der Waals surface area contributed by atoms with Crippen molar-refractivity contribution in [3.63, 3.8) is 0 Å². The first-order valence-electron chi connectivity index (χ1n) is 12.8. The Morgan fingerprint density at radius 2 is 1.86 bits per heavy atom. The molecular formula is C27H29F3N6O. The van der Waals surface area contributed by atoms with Crippen LogP contribution >= 0.6 is 0 Å². The lowest BCUT2D eigenvalue weighted by molar-refractivity contribution is -0.0220. The van der Waals surface area contributed by atoms with Crippen LogP contribution in [0.15, 0.2) is 54.0 Å². The van der Waals surface area contributed by atoms with Gasteiger partial charge in [0.15, 0.2) is 0 Å². The maximum atomic E-state index is 13.6. The monoisotopic (exact) mass is 510 g/mol. The van der Waals surface area contributed by atoms with E-state index in [1.54, 1.807) is 17.0 Å². The summed E-state index contributed by atoms with van der Waals surface area (Å²) < 4.78 is 43.8. The zero-order valence-electron chi connectivity index (χ0n) is 20.4. The Balaban J connectivity index is 1.18. The summed E-state index contributed by atoms with van der Waals surface area (Å²) in [6, 6.07) is 5.82. The Bertz CT molecular complexity index is 1480. The van der Waals surface area contributed by atoms with E-state index in [4.69, 9.17) is 0 Å². The molecule has 0 unspecified atom stereocenters. The van der Waals surface area contributed by atoms with Gasteiger partial charge in [-0.05, 0) is 43.0 Å². The topological polar surface area (TPSA) is 67.5 Å². The van der Waals surface area contributed by atoms with Crippen molar-refractivity contribution < 1.29 is 13.2 Å². The molecule has 0 amide bonds. The molecule has 1 N–H and O–H groups in total. The number of anilines is 1. The summed E-state index contributed by atoms with van der Waals surface area (Å²) in [6.07, 6.45) is 9.11. The van der Waals surface area contributed by atoms with Gasteiger partial charge in [0, 0.05) is 62.6 Å². The molecule has 37 heavy (non-hydrogen) atoms. The molecule has 0 bridgehead atoms. The van der Waals surface area contributed by atoms with Gasteiger partial charge in [-0.2, -0.15) is 0 Å². The second-order valence-corrected chi connectivity index (χ2v) is 10.3. The fraction of sp³-hybridized carbons (Fsp3) is 0.444. The van der Waals surface area contributed by atoms with Gasteiger partial charge in [-0.1, -0.05) is 6.07 Å². The highest BCUT2D eigenvalue weighted by Gasteiger charge is 2.34. The number of rotatable bonds is 7. The molecule has 1 aliphatic carbocycles. The van der Waals surface area contributed by atoms with Crippen molar-refractivity contribution in [1.29, 1.82) is 0 Å². The van der Waals surface area contributed by atoms with Crippen LogP contribution < -0.4 is 15.8 Å². The van der Waals surface area contributed by atoms with Gasteiger partial charge in [0.1, 0.15) is 11.8 Å². The second kappa shape index (κ2) is 9.48. The summed E-state index contributed by atoms with van der Waals surface area (Å²) >= 11 is 0. The first kappa shape index (κ1) is 24.0. The number of nitrogens with zero attached hydrogens (tertiary/aromatic N) is 5.